The first-order chi connectivity index (χ1) is 8.72. The molecule has 3 rings (SSSR count). The molecule has 0 aliphatic heterocycles. The lowest BCUT2D eigenvalue weighted by Crippen LogP contribution is -2.10. The average molecular weight is 245 g/mol. The molecule has 0 aliphatic carbocycles. The molecule has 92 valence electrons. The normalized spacial score (nSPS) is 10.9. The van der Waals surface area contributed by atoms with Crippen molar-refractivity contribution in [2.75, 3.05) is 5.32 Å². The van der Waals surface area contributed by atoms with Crippen molar-refractivity contribution in [1.82, 2.24) is 19.6 Å². The topological polar surface area (TPSA) is 88.2 Å². The Morgan fingerprint density at radius 3 is 3.17 bits per heavy atom. The van der Waals surface area contributed by atoms with Gasteiger partial charge in [-0.1, -0.05) is 0 Å². The van der Waals surface area contributed by atoms with Gasteiger partial charge in [0.15, 0.2) is 5.65 Å². The molecule has 0 aliphatic rings. The Morgan fingerprint density at radius 1 is 1.50 bits per heavy atom. The van der Waals surface area contributed by atoms with Gasteiger partial charge in [0.25, 0.3) is 0 Å². The van der Waals surface area contributed by atoms with Crippen LogP contribution in [-0.4, -0.2) is 19.6 Å². The summed E-state index contributed by atoms with van der Waals surface area (Å²) in [6.07, 6.45) is 1.43. The van der Waals surface area contributed by atoms with E-state index < -0.39 is 0 Å². The highest BCUT2D eigenvalue weighted by atomic mass is 16.3. The van der Waals surface area contributed by atoms with Crippen molar-refractivity contribution in [3.63, 3.8) is 0 Å². The molecule has 3 aromatic heterocycles. The first-order valence-electron chi connectivity index (χ1n) is 5.44. The van der Waals surface area contributed by atoms with Gasteiger partial charge >= 0.3 is 5.69 Å². The van der Waals surface area contributed by atoms with Gasteiger partial charge in [-0.05, 0) is 19.1 Å². The number of hydrogen-bond acceptors (Lipinski definition) is 5. The number of nitrogens with one attached hydrogen (secondary N) is 2. The summed E-state index contributed by atoms with van der Waals surface area (Å²) >= 11 is 0. The van der Waals surface area contributed by atoms with E-state index in [1.165, 1.54) is 10.7 Å². The summed E-state index contributed by atoms with van der Waals surface area (Å²) in [5.41, 5.74) is 0.221. The second-order valence-electron chi connectivity index (χ2n) is 3.90. The van der Waals surface area contributed by atoms with E-state index in [0.29, 0.717) is 18.0 Å². The molecular formula is C11H11N5O2. The van der Waals surface area contributed by atoms with Crippen molar-refractivity contribution in [2.45, 2.75) is 13.5 Å². The third-order valence-electron chi connectivity index (χ3n) is 2.55. The van der Waals surface area contributed by atoms with Gasteiger partial charge in [-0.25, -0.2) is 19.3 Å². The molecule has 0 spiro atoms. The van der Waals surface area contributed by atoms with Crippen LogP contribution in [0.2, 0.25) is 0 Å². The van der Waals surface area contributed by atoms with E-state index >= 15 is 0 Å². The number of aromatic nitrogens is 4. The summed E-state index contributed by atoms with van der Waals surface area (Å²) in [4.78, 5) is 15.4. The summed E-state index contributed by atoms with van der Waals surface area (Å²) in [7, 11) is 0. The van der Waals surface area contributed by atoms with Crippen LogP contribution in [0, 0.1) is 6.92 Å². The van der Waals surface area contributed by atoms with Gasteiger partial charge in [0.1, 0.15) is 23.7 Å². The van der Waals surface area contributed by atoms with Crippen LogP contribution in [0.4, 0.5) is 5.82 Å². The number of H-pyrrole nitrogens is 1. The third-order valence-corrected chi connectivity index (χ3v) is 2.55. The third kappa shape index (κ3) is 1.86. The van der Waals surface area contributed by atoms with Gasteiger partial charge in [-0.15, -0.1) is 0 Å². The van der Waals surface area contributed by atoms with Gasteiger partial charge in [0.05, 0.1) is 6.54 Å². The maximum absolute atomic E-state index is 11.2. The van der Waals surface area contributed by atoms with Crippen molar-refractivity contribution in [2.24, 2.45) is 0 Å². The zero-order chi connectivity index (χ0) is 12.5. The van der Waals surface area contributed by atoms with Gasteiger partial charge in [0, 0.05) is 6.07 Å². The lowest BCUT2D eigenvalue weighted by Gasteiger charge is -2.02. The molecule has 18 heavy (non-hydrogen) atoms. The fourth-order valence-electron chi connectivity index (χ4n) is 1.66. The monoisotopic (exact) mass is 245 g/mol. The van der Waals surface area contributed by atoms with Crippen LogP contribution in [-0.2, 0) is 6.54 Å². The van der Waals surface area contributed by atoms with Crippen molar-refractivity contribution in [1.29, 1.82) is 0 Å². The number of anilines is 1. The fraction of sp³-hybridized carbons (Fsp3) is 0.182. The van der Waals surface area contributed by atoms with E-state index in [0.717, 1.165) is 11.5 Å². The minimum absolute atomic E-state index is 0.300. The molecule has 0 amide bonds. The fourth-order valence-corrected chi connectivity index (χ4v) is 1.66. The molecule has 7 nitrogen and oxygen atoms in total. The summed E-state index contributed by atoms with van der Waals surface area (Å²) in [6, 6.07) is 5.49. The maximum atomic E-state index is 11.2. The first-order valence-corrected chi connectivity index (χ1v) is 5.44. The number of rotatable bonds is 3. The standard InChI is InChI=1S/C11H11N5O2/c1-7-2-3-8(18-7)5-12-9-4-10-14-15-11(17)16(10)6-13-9/h2-4,6,12H,5H2,1H3,(H,15,17). The van der Waals surface area contributed by atoms with Crippen LogP contribution in [0.25, 0.3) is 5.65 Å². The molecule has 0 saturated carbocycles. The molecule has 3 heterocycles. The zero-order valence-electron chi connectivity index (χ0n) is 9.67. The minimum Gasteiger partial charge on any atom is -0.465 e. The molecule has 7 heteroatoms. The van der Waals surface area contributed by atoms with E-state index in [1.807, 2.05) is 19.1 Å². The number of nitrogens with zero attached hydrogens (tertiary/aromatic N) is 3. The van der Waals surface area contributed by atoms with Gasteiger partial charge < -0.3 is 9.73 Å². The van der Waals surface area contributed by atoms with Crippen LogP contribution >= 0.6 is 0 Å². The van der Waals surface area contributed by atoms with Crippen LogP contribution in [0.3, 0.4) is 0 Å². The highest BCUT2D eigenvalue weighted by molar-refractivity contribution is 5.48. The van der Waals surface area contributed by atoms with Crippen LogP contribution in [0.1, 0.15) is 11.5 Å². The van der Waals surface area contributed by atoms with Crippen LogP contribution < -0.4 is 11.0 Å². The number of aromatic amines is 1. The number of furan rings is 1. The Balaban J connectivity index is 1.80. The molecule has 0 atom stereocenters. The molecule has 0 saturated heterocycles. The predicted octanol–water partition coefficient (Wildman–Crippen LogP) is 0.931. The van der Waals surface area contributed by atoms with E-state index in [-0.39, 0.29) is 5.69 Å². The second kappa shape index (κ2) is 4.02. The Kier molecular flexibility index (Phi) is 2.36. The van der Waals surface area contributed by atoms with Crippen molar-refractivity contribution < 1.29 is 4.42 Å². The molecular weight excluding hydrogens is 234 g/mol. The van der Waals surface area contributed by atoms with Crippen LogP contribution in [0.15, 0.2) is 33.7 Å². The molecule has 2 N–H and O–H groups in total. The predicted molar refractivity (Wildman–Crippen MR) is 64.4 cm³/mol. The second-order valence-corrected chi connectivity index (χ2v) is 3.90. The number of fused-ring (bicyclic) bond motifs is 1. The zero-order valence-corrected chi connectivity index (χ0v) is 9.67. The van der Waals surface area contributed by atoms with Crippen LogP contribution in [0.5, 0.6) is 0 Å². The largest absolute Gasteiger partial charge is 0.465 e. The summed E-state index contributed by atoms with van der Waals surface area (Å²) < 4.78 is 6.77. The average Bonchev–Trinajstić information content (AvgIpc) is 2.94. The van der Waals surface area contributed by atoms with Crippen molar-refractivity contribution in [3.8, 4) is 0 Å². The molecule has 0 aromatic carbocycles. The first kappa shape index (κ1) is 10.6. The molecule has 3 aromatic rings. The van der Waals surface area contributed by atoms with Crippen molar-refractivity contribution in [3.05, 3.63) is 46.5 Å². The SMILES string of the molecule is Cc1ccc(CNc2cc3n[nH]c(=O)n3cn2)o1. The Labute approximate surface area is 101 Å². The smallest absolute Gasteiger partial charge is 0.348 e. The molecule has 0 bridgehead atoms. The van der Waals surface area contributed by atoms with Gasteiger partial charge in [0.2, 0.25) is 0 Å². The van der Waals surface area contributed by atoms with Crippen molar-refractivity contribution >= 4 is 11.5 Å². The summed E-state index contributed by atoms with van der Waals surface area (Å²) in [6.45, 7) is 2.43. The van der Waals surface area contributed by atoms with E-state index in [9.17, 15) is 4.79 Å². The Hall–Kier alpha value is -2.57. The summed E-state index contributed by atoms with van der Waals surface area (Å²) in [5.74, 6) is 2.33. The van der Waals surface area contributed by atoms with Gasteiger partial charge in [-0.3, -0.25) is 0 Å². The lowest BCUT2D eigenvalue weighted by atomic mass is 10.4. The van der Waals surface area contributed by atoms with E-state index in [1.54, 1.807) is 6.07 Å². The Morgan fingerprint density at radius 2 is 2.39 bits per heavy atom. The maximum Gasteiger partial charge on any atom is 0.348 e. The quantitative estimate of drug-likeness (QED) is 0.716. The van der Waals surface area contributed by atoms with E-state index in [4.69, 9.17) is 4.42 Å². The molecule has 0 unspecified atom stereocenters. The highest BCUT2D eigenvalue weighted by Gasteiger charge is 2.03. The summed E-state index contributed by atoms with van der Waals surface area (Å²) in [5, 5.41) is 9.31. The number of aryl methyl sites for hydroxylation is 1. The van der Waals surface area contributed by atoms with Gasteiger partial charge in [-0.2, -0.15) is 5.10 Å². The van der Waals surface area contributed by atoms with E-state index in [2.05, 4.69) is 20.5 Å². The molecule has 0 radical (unpaired) electrons. The lowest BCUT2D eigenvalue weighted by molar-refractivity contribution is 0.490. The Bertz CT molecular complexity index is 739. The minimum atomic E-state index is -0.300. The molecule has 0 fully saturated rings. The number of hydrogen-bond donors (Lipinski definition) is 2. The highest BCUT2D eigenvalue weighted by Crippen LogP contribution is 2.10.